The maximum Gasteiger partial charge on any atom is 0.191 e. The molecule has 0 bridgehead atoms. The van der Waals surface area contributed by atoms with Crippen molar-refractivity contribution in [1.29, 1.82) is 0 Å². The molecule has 0 spiro atoms. The molecule has 29 heavy (non-hydrogen) atoms. The van der Waals surface area contributed by atoms with E-state index in [1.807, 2.05) is 0 Å². The lowest BCUT2D eigenvalue weighted by Gasteiger charge is -2.17. The maximum atomic E-state index is 4.50. The van der Waals surface area contributed by atoms with Crippen molar-refractivity contribution in [3.05, 3.63) is 107 Å². The van der Waals surface area contributed by atoms with E-state index in [1.165, 1.54) is 21.6 Å². The third-order valence-electron chi connectivity index (χ3n) is 4.74. The molecule has 0 aliphatic heterocycles. The predicted octanol–water partition coefficient (Wildman–Crippen LogP) is 6.30. The minimum atomic E-state index is 0.179. The molecule has 0 saturated heterocycles. The molecule has 0 fully saturated rings. The number of aryl methyl sites for hydroxylation is 1. The van der Waals surface area contributed by atoms with Gasteiger partial charge in [0.1, 0.15) is 5.82 Å². The second-order valence-corrected chi connectivity index (χ2v) is 9.00. The monoisotopic (exact) mass is 417 g/mol. The second-order valence-electron chi connectivity index (χ2n) is 6.88. The Morgan fingerprint density at radius 1 is 0.793 bits per heavy atom. The Morgan fingerprint density at radius 2 is 1.38 bits per heavy atom. The number of hydrogen-bond acceptors (Lipinski definition) is 4. The molecule has 0 N–H and O–H groups in total. The van der Waals surface area contributed by atoms with E-state index in [0.29, 0.717) is 0 Å². The predicted molar refractivity (Wildman–Crippen MR) is 122 cm³/mol. The molecule has 1 heterocycles. The maximum absolute atomic E-state index is 4.50. The van der Waals surface area contributed by atoms with Gasteiger partial charge in [-0.3, -0.25) is 0 Å². The summed E-state index contributed by atoms with van der Waals surface area (Å²) in [5.74, 6) is 1.78. The largest absolute Gasteiger partial charge is 0.308 e. The number of hydrogen-bond donors (Lipinski definition) is 0. The summed E-state index contributed by atoms with van der Waals surface area (Å²) < 4.78 is 2.12. The summed E-state index contributed by atoms with van der Waals surface area (Å²) in [4.78, 5) is 1.25. The van der Waals surface area contributed by atoms with Crippen molar-refractivity contribution in [3.63, 3.8) is 0 Å². The molecule has 0 atom stereocenters. The smallest absolute Gasteiger partial charge is 0.191 e. The van der Waals surface area contributed by atoms with Crippen LogP contribution in [0.3, 0.4) is 0 Å². The second kappa shape index (κ2) is 9.33. The molecule has 0 aliphatic rings. The van der Waals surface area contributed by atoms with Crippen LogP contribution >= 0.6 is 23.5 Å². The van der Waals surface area contributed by atoms with Crippen LogP contribution < -0.4 is 0 Å². The van der Waals surface area contributed by atoms with Gasteiger partial charge in [0.2, 0.25) is 0 Å². The molecule has 1 aromatic heterocycles. The Labute approximate surface area is 180 Å². The molecule has 3 aromatic carbocycles. The fraction of sp³-hybridized carbons (Fsp3) is 0.167. The molecule has 4 rings (SSSR count). The summed E-state index contributed by atoms with van der Waals surface area (Å²) in [6.07, 6.45) is 0. The van der Waals surface area contributed by atoms with E-state index in [9.17, 15) is 0 Å². The zero-order valence-electron chi connectivity index (χ0n) is 16.5. The van der Waals surface area contributed by atoms with E-state index < -0.39 is 0 Å². The first-order chi connectivity index (χ1) is 14.2. The van der Waals surface area contributed by atoms with E-state index in [2.05, 4.69) is 114 Å². The van der Waals surface area contributed by atoms with Gasteiger partial charge in [0.05, 0.1) is 11.0 Å². The Morgan fingerprint density at radius 3 is 1.97 bits per heavy atom. The summed E-state index contributed by atoms with van der Waals surface area (Å²) >= 11 is 3.53. The van der Waals surface area contributed by atoms with Gasteiger partial charge in [-0.25, -0.2) is 0 Å². The topological polar surface area (TPSA) is 30.7 Å². The van der Waals surface area contributed by atoms with Crippen molar-refractivity contribution in [2.75, 3.05) is 0 Å². The van der Waals surface area contributed by atoms with Gasteiger partial charge in [0.25, 0.3) is 0 Å². The minimum Gasteiger partial charge on any atom is -0.308 e. The van der Waals surface area contributed by atoms with Gasteiger partial charge in [0, 0.05) is 11.9 Å². The fourth-order valence-corrected chi connectivity index (χ4v) is 5.07. The zero-order chi connectivity index (χ0) is 20.1. The first kappa shape index (κ1) is 19.8. The van der Waals surface area contributed by atoms with Crippen molar-refractivity contribution in [2.45, 2.75) is 28.0 Å². The van der Waals surface area contributed by atoms with Crippen LogP contribution in [0.2, 0.25) is 0 Å². The molecule has 0 radical (unpaired) electrons. The molecular formula is C24H23N3S2. The highest BCUT2D eigenvalue weighted by Gasteiger charge is 2.19. The number of benzene rings is 3. The quantitative estimate of drug-likeness (QED) is 0.330. The SMILES string of the molecule is Cc1ccc(SCc2nnc(SC(c3ccccc3)c3ccccc3)n2C)cc1. The first-order valence-electron chi connectivity index (χ1n) is 9.55. The van der Waals surface area contributed by atoms with Crippen LogP contribution in [0, 0.1) is 6.92 Å². The average molecular weight is 418 g/mol. The lowest BCUT2D eigenvalue weighted by Crippen LogP contribution is -2.01. The first-order valence-corrected chi connectivity index (χ1v) is 11.4. The molecule has 3 nitrogen and oxygen atoms in total. The van der Waals surface area contributed by atoms with E-state index in [1.54, 1.807) is 23.5 Å². The van der Waals surface area contributed by atoms with E-state index in [0.717, 1.165) is 16.7 Å². The number of rotatable bonds is 7. The third-order valence-corrected chi connectivity index (χ3v) is 7.10. The van der Waals surface area contributed by atoms with Crippen LogP contribution in [-0.4, -0.2) is 14.8 Å². The van der Waals surface area contributed by atoms with Crippen molar-refractivity contribution in [1.82, 2.24) is 14.8 Å². The summed E-state index contributed by atoms with van der Waals surface area (Å²) in [6, 6.07) is 29.8. The van der Waals surface area contributed by atoms with Crippen LogP contribution in [0.4, 0.5) is 0 Å². The lowest BCUT2D eigenvalue weighted by atomic mass is 10.0. The summed E-state index contributed by atoms with van der Waals surface area (Å²) in [7, 11) is 2.06. The van der Waals surface area contributed by atoms with Gasteiger partial charge in [-0.1, -0.05) is 90.1 Å². The van der Waals surface area contributed by atoms with Crippen LogP contribution in [-0.2, 0) is 12.8 Å². The normalized spacial score (nSPS) is 11.1. The summed E-state index contributed by atoms with van der Waals surface area (Å²) in [5.41, 5.74) is 3.81. The summed E-state index contributed by atoms with van der Waals surface area (Å²) in [6.45, 7) is 2.11. The molecule has 0 saturated carbocycles. The molecule has 0 amide bonds. The third kappa shape index (κ3) is 4.92. The molecule has 5 heteroatoms. The molecular weight excluding hydrogens is 394 g/mol. The Balaban J connectivity index is 1.53. The Bertz CT molecular complexity index is 1010. The fourth-order valence-electron chi connectivity index (χ4n) is 3.05. The van der Waals surface area contributed by atoms with E-state index in [-0.39, 0.29) is 5.25 Å². The molecule has 0 aliphatic carbocycles. The van der Waals surface area contributed by atoms with Gasteiger partial charge in [0.15, 0.2) is 5.16 Å². The van der Waals surface area contributed by atoms with Gasteiger partial charge >= 0.3 is 0 Å². The average Bonchev–Trinajstić information content (AvgIpc) is 3.12. The van der Waals surface area contributed by atoms with Crippen molar-refractivity contribution >= 4 is 23.5 Å². The highest BCUT2D eigenvalue weighted by molar-refractivity contribution is 7.99. The minimum absolute atomic E-state index is 0.179. The van der Waals surface area contributed by atoms with Crippen LogP contribution in [0.15, 0.2) is 95.0 Å². The standard InChI is InChI=1S/C24H23N3S2/c1-18-13-15-21(16-14-18)28-17-22-25-26-24(27(22)2)29-23(19-9-5-3-6-10-19)20-11-7-4-8-12-20/h3-16,23H,17H2,1-2H3. The lowest BCUT2D eigenvalue weighted by molar-refractivity contribution is 0.760. The number of aromatic nitrogens is 3. The van der Waals surface area contributed by atoms with Crippen molar-refractivity contribution in [3.8, 4) is 0 Å². The highest BCUT2D eigenvalue weighted by Crippen LogP contribution is 2.39. The van der Waals surface area contributed by atoms with Crippen LogP contribution in [0.1, 0.15) is 27.8 Å². The van der Waals surface area contributed by atoms with Gasteiger partial charge in [-0.2, -0.15) is 0 Å². The molecule has 0 unspecified atom stereocenters. The van der Waals surface area contributed by atoms with Gasteiger partial charge < -0.3 is 4.57 Å². The number of nitrogens with zero attached hydrogens (tertiary/aromatic N) is 3. The Kier molecular flexibility index (Phi) is 6.37. The van der Waals surface area contributed by atoms with Gasteiger partial charge in [-0.05, 0) is 30.2 Å². The van der Waals surface area contributed by atoms with Gasteiger partial charge in [-0.15, -0.1) is 22.0 Å². The van der Waals surface area contributed by atoms with E-state index in [4.69, 9.17) is 0 Å². The van der Waals surface area contributed by atoms with Crippen LogP contribution in [0.5, 0.6) is 0 Å². The van der Waals surface area contributed by atoms with Crippen molar-refractivity contribution in [2.24, 2.45) is 7.05 Å². The Hall–Kier alpha value is -2.50. The van der Waals surface area contributed by atoms with Crippen molar-refractivity contribution < 1.29 is 0 Å². The zero-order valence-corrected chi connectivity index (χ0v) is 18.2. The summed E-state index contributed by atoms with van der Waals surface area (Å²) in [5, 5.41) is 10.1. The molecule has 4 aromatic rings. The highest BCUT2D eigenvalue weighted by atomic mass is 32.2. The molecule has 146 valence electrons. The number of thioether (sulfide) groups is 2. The van der Waals surface area contributed by atoms with Crippen LogP contribution in [0.25, 0.3) is 0 Å². The van der Waals surface area contributed by atoms with E-state index >= 15 is 0 Å².